The van der Waals surface area contributed by atoms with Gasteiger partial charge in [0.2, 0.25) is 0 Å². The lowest BCUT2D eigenvalue weighted by atomic mass is 10.1. The Morgan fingerprint density at radius 3 is 2.59 bits per heavy atom. The van der Waals surface area contributed by atoms with Gasteiger partial charge in [0, 0.05) is 0 Å². The van der Waals surface area contributed by atoms with Gasteiger partial charge in [0.1, 0.15) is 30.1 Å². The molecule has 4 aromatic carbocycles. The molecule has 0 saturated heterocycles. The van der Waals surface area contributed by atoms with E-state index in [0.29, 0.717) is 29.0 Å². The molecule has 1 aromatic heterocycles. The molecule has 4 nitrogen and oxygen atoms in total. The van der Waals surface area contributed by atoms with E-state index in [1.165, 1.54) is 22.9 Å². The van der Waals surface area contributed by atoms with Gasteiger partial charge in [-0.25, -0.2) is 9.37 Å². The van der Waals surface area contributed by atoms with Crippen molar-refractivity contribution in [2.24, 2.45) is 0 Å². The smallest absolute Gasteiger partial charge is 0.149 e. The third kappa shape index (κ3) is 4.07. The van der Waals surface area contributed by atoms with Crippen LogP contribution < -0.4 is 4.74 Å². The first-order valence-electron chi connectivity index (χ1n) is 10.2. The second-order valence-corrected chi connectivity index (χ2v) is 7.46. The van der Waals surface area contributed by atoms with Gasteiger partial charge in [0.25, 0.3) is 0 Å². The molecule has 5 aromatic rings. The predicted octanol–water partition coefficient (Wildman–Crippen LogP) is 6.50. The molecule has 0 amide bonds. The third-order valence-electron chi connectivity index (χ3n) is 5.23. The van der Waals surface area contributed by atoms with E-state index in [1.807, 2.05) is 36.4 Å². The number of H-pyrrole nitrogens is 1. The molecule has 0 spiro atoms. The molecule has 1 N–H and O–H groups in total. The Labute approximate surface area is 184 Å². The number of hydrogen-bond donors (Lipinski definition) is 1. The highest BCUT2D eigenvalue weighted by atomic mass is 19.1. The van der Waals surface area contributed by atoms with Crippen LogP contribution in [0.15, 0.2) is 84.9 Å². The third-order valence-corrected chi connectivity index (χ3v) is 5.23. The Bertz CT molecular complexity index is 1490. The Hall–Kier alpha value is -4.43. The zero-order valence-corrected chi connectivity index (χ0v) is 17.0. The average Bonchev–Trinajstić information content (AvgIpc) is 3.24. The van der Waals surface area contributed by atoms with Crippen molar-refractivity contribution in [3.8, 4) is 11.8 Å². The first-order valence-corrected chi connectivity index (χ1v) is 10.2. The minimum Gasteiger partial charge on any atom is -0.489 e. The van der Waals surface area contributed by atoms with Gasteiger partial charge in [-0.1, -0.05) is 48.5 Å². The Balaban J connectivity index is 1.31. The lowest BCUT2D eigenvalue weighted by Gasteiger charge is -2.08. The number of nitriles is 1. The highest BCUT2D eigenvalue weighted by Crippen LogP contribution is 2.22. The molecule has 1 heterocycles. The summed E-state index contributed by atoms with van der Waals surface area (Å²) in [5.41, 5.74) is 3.47. The minimum atomic E-state index is -0.352. The summed E-state index contributed by atoms with van der Waals surface area (Å²) >= 11 is 0. The Morgan fingerprint density at radius 2 is 1.78 bits per heavy atom. The molecule has 0 saturated carbocycles. The van der Waals surface area contributed by atoms with Gasteiger partial charge in [0.15, 0.2) is 0 Å². The molecule has 0 fully saturated rings. The van der Waals surface area contributed by atoms with Crippen LogP contribution in [0.3, 0.4) is 0 Å². The number of hydrogen-bond acceptors (Lipinski definition) is 3. The number of aromatic nitrogens is 2. The minimum absolute atomic E-state index is 0.352. The second-order valence-electron chi connectivity index (χ2n) is 7.46. The number of rotatable bonds is 5. The zero-order chi connectivity index (χ0) is 21.9. The summed E-state index contributed by atoms with van der Waals surface area (Å²) in [5, 5.41) is 12.0. The molecule has 154 valence electrons. The van der Waals surface area contributed by atoms with Crippen LogP contribution >= 0.6 is 0 Å². The van der Waals surface area contributed by atoms with Gasteiger partial charge in [-0.3, -0.25) is 0 Å². The van der Waals surface area contributed by atoms with Crippen molar-refractivity contribution in [1.82, 2.24) is 9.97 Å². The summed E-state index contributed by atoms with van der Waals surface area (Å²) in [7, 11) is 0. The van der Waals surface area contributed by atoms with E-state index in [1.54, 1.807) is 12.1 Å². The van der Waals surface area contributed by atoms with Gasteiger partial charge >= 0.3 is 0 Å². The van der Waals surface area contributed by atoms with Crippen LogP contribution in [0.5, 0.6) is 5.75 Å². The molecule has 0 aliphatic heterocycles. The molecule has 32 heavy (non-hydrogen) atoms. The molecular weight excluding hydrogens is 401 g/mol. The number of imidazole rings is 1. The Kier molecular flexibility index (Phi) is 5.11. The fraction of sp³-hybridized carbons (Fsp3) is 0.0370. The normalized spacial score (nSPS) is 11.6. The fourth-order valence-corrected chi connectivity index (χ4v) is 3.59. The first-order chi connectivity index (χ1) is 15.7. The highest BCUT2D eigenvalue weighted by molar-refractivity contribution is 5.90. The second kappa shape index (κ2) is 8.37. The van der Waals surface area contributed by atoms with Gasteiger partial charge in [-0.05, 0) is 64.4 Å². The maximum Gasteiger partial charge on any atom is 0.149 e. The summed E-state index contributed by atoms with van der Waals surface area (Å²) in [6.45, 7) is 0.471. The number of nitrogens with one attached hydrogen (secondary N) is 1. The van der Waals surface area contributed by atoms with Gasteiger partial charge in [-0.2, -0.15) is 5.26 Å². The van der Waals surface area contributed by atoms with E-state index in [9.17, 15) is 9.65 Å². The molecule has 0 aliphatic rings. The van der Waals surface area contributed by atoms with Gasteiger partial charge < -0.3 is 9.72 Å². The average molecular weight is 419 g/mol. The monoisotopic (exact) mass is 419 g/mol. The molecule has 0 atom stereocenters. The molecular formula is C27H18FN3O. The lowest BCUT2D eigenvalue weighted by Crippen LogP contribution is -1.95. The number of halogens is 1. The van der Waals surface area contributed by atoms with Crippen LogP contribution in [-0.2, 0) is 6.61 Å². The quantitative estimate of drug-likeness (QED) is 0.331. The molecule has 0 unspecified atom stereocenters. The number of fused-ring (bicyclic) bond motifs is 2. The largest absolute Gasteiger partial charge is 0.489 e. The van der Waals surface area contributed by atoms with Crippen molar-refractivity contribution in [2.75, 3.05) is 0 Å². The Morgan fingerprint density at radius 1 is 0.969 bits per heavy atom. The van der Waals surface area contributed by atoms with E-state index in [2.05, 4.69) is 46.4 Å². The maximum atomic E-state index is 13.4. The van der Waals surface area contributed by atoms with Crippen molar-refractivity contribution in [2.45, 2.75) is 6.61 Å². The van der Waals surface area contributed by atoms with E-state index < -0.39 is 0 Å². The summed E-state index contributed by atoms with van der Waals surface area (Å²) in [6.07, 6.45) is 1.74. The van der Waals surface area contributed by atoms with Crippen molar-refractivity contribution < 1.29 is 9.13 Å². The van der Waals surface area contributed by atoms with Crippen LogP contribution in [0.1, 0.15) is 17.0 Å². The van der Waals surface area contributed by atoms with E-state index in [-0.39, 0.29) is 5.82 Å². The molecule has 0 radical (unpaired) electrons. The summed E-state index contributed by atoms with van der Waals surface area (Å²) in [5.74, 6) is 0.798. The van der Waals surface area contributed by atoms with Crippen LogP contribution in [0, 0.1) is 17.1 Å². The van der Waals surface area contributed by atoms with Gasteiger partial charge in [0.05, 0.1) is 16.6 Å². The maximum absolute atomic E-state index is 13.4. The molecule has 0 aliphatic carbocycles. The number of nitrogens with zero attached hydrogens (tertiary/aromatic N) is 2. The van der Waals surface area contributed by atoms with E-state index in [4.69, 9.17) is 4.74 Å². The van der Waals surface area contributed by atoms with Crippen LogP contribution in [0.25, 0.3) is 33.5 Å². The zero-order valence-electron chi connectivity index (χ0n) is 17.0. The van der Waals surface area contributed by atoms with Crippen molar-refractivity contribution in [3.05, 3.63) is 108 Å². The standard InChI is InChI=1S/C27H18FN3O/c28-23-9-12-25-26(15-23)31-27(30-25)22(16-29)13-18-6-10-24(11-7-18)32-17-19-5-8-20-3-1-2-4-21(20)14-19/h1-15H,17H2,(H,30,31)/b22-13-. The van der Waals surface area contributed by atoms with Crippen molar-refractivity contribution in [3.63, 3.8) is 0 Å². The highest BCUT2D eigenvalue weighted by Gasteiger charge is 2.09. The summed E-state index contributed by atoms with van der Waals surface area (Å²) < 4.78 is 19.3. The molecule has 5 rings (SSSR count). The number of aromatic amines is 1. The number of benzene rings is 4. The SMILES string of the molecule is N#C/C(=C/c1ccc(OCc2ccc3ccccc3c2)cc1)c1nc2ccc(F)cc2[nH]1. The van der Waals surface area contributed by atoms with Crippen molar-refractivity contribution in [1.29, 1.82) is 5.26 Å². The fourth-order valence-electron chi connectivity index (χ4n) is 3.59. The summed E-state index contributed by atoms with van der Waals surface area (Å²) in [6, 6.07) is 28.5. The van der Waals surface area contributed by atoms with E-state index in [0.717, 1.165) is 16.9 Å². The van der Waals surface area contributed by atoms with Crippen LogP contribution in [-0.4, -0.2) is 9.97 Å². The topological polar surface area (TPSA) is 61.7 Å². The molecule has 5 heteroatoms. The van der Waals surface area contributed by atoms with E-state index >= 15 is 0 Å². The van der Waals surface area contributed by atoms with Gasteiger partial charge in [-0.15, -0.1) is 0 Å². The lowest BCUT2D eigenvalue weighted by molar-refractivity contribution is 0.306. The number of ether oxygens (including phenoxy) is 1. The van der Waals surface area contributed by atoms with Crippen LogP contribution in [0.4, 0.5) is 4.39 Å². The van der Waals surface area contributed by atoms with Crippen LogP contribution in [0.2, 0.25) is 0 Å². The predicted molar refractivity (Wildman–Crippen MR) is 124 cm³/mol. The molecule has 0 bridgehead atoms. The number of allylic oxidation sites excluding steroid dienone is 1. The first kappa shape index (κ1) is 19.5. The van der Waals surface area contributed by atoms with Crippen molar-refractivity contribution >= 4 is 33.5 Å². The summed E-state index contributed by atoms with van der Waals surface area (Å²) in [4.78, 5) is 7.39.